The zero-order valence-electron chi connectivity index (χ0n) is 12.8. The topological polar surface area (TPSA) is 92.4 Å². The molecule has 0 fully saturated rings. The number of sulfone groups is 1. The maximum atomic E-state index is 12.3. The highest BCUT2D eigenvalue weighted by Gasteiger charge is 2.20. The Kier molecular flexibility index (Phi) is 6.87. The van der Waals surface area contributed by atoms with E-state index in [0.29, 0.717) is 11.4 Å². The van der Waals surface area contributed by atoms with Crippen LogP contribution in [0.15, 0.2) is 53.4 Å². The molecule has 0 aliphatic carbocycles. The lowest BCUT2D eigenvalue weighted by Crippen LogP contribution is -2.15. The molecule has 126 valence electrons. The Morgan fingerprint density at radius 1 is 1.17 bits per heavy atom. The Hall–Kier alpha value is -1.76. The zero-order valence-corrected chi connectivity index (χ0v) is 14.4. The Morgan fingerprint density at radius 2 is 1.83 bits per heavy atom. The number of hydrogen-bond acceptors (Lipinski definition) is 5. The first-order valence-electron chi connectivity index (χ1n) is 6.98. The molecule has 1 unspecified atom stereocenters. The van der Waals surface area contributed by atoms with Gasteiger partial charge in [-0.2, -0.15) is 0 Å². The van der Waals surface area contributed by atoms with Crippen molar-refractivity contribution in [1.82, 2.24) is 0 Å². The highest BCUT2D eigenvalue weighted by atomic mass is 35.5. The van der Waals surface area contributed by atoms with Crippen LogP contribution in [-0.4, -0.2) is 25.9 Å². The summed E-state index contributed by atoms with van der Waals surface area (Å²) in [5, 5.41) is 12.2. The molecule has 2 rings (SSSR count). The fourth-order valence-corrected chi connectivity index (χ4v) is 3.44. The van der Waals surface area contributed by atoms with E-state index in [-0.39, 0.29) is 29.1 Å². The Bertz CT molecular complexity index is 736. The molecule has 0 heterocycles. The van der Waals surface area contributed by atoms with Crippen LogP contribution < -0.4 is 11.1 Å². The lowest BCUT2D eigenvalue weighted by molar-refractivity contribution is 0.319. The number of nitrogen functional groups attached to an aromatic ring is 1. The molecule has 7 heteroatoms. The van der Waals surface area contributed by atoms with E-state index in [1.165, 1.54) is 6.07 Å². The first-order chi connectivity index (χ1) is 10.4. The fourth-order valence-electron chi connectivity index (χ4n) is 2.20. The fraction of sp³-hybridized carbons (Fsp3) is 0.250. The monoisotopic (exact) mass is 356 g/mol. The summed E-state index contributed by atoms with van der Waals surface area (Å²) < 4.78 is 24.5. The molecule has 1 atom stereocenters. The quantitative estimate of drug-likeness (QED) is 0.692. The molecule has 0 aliphatic heterocycles. The van der Waals surface area contributed by atoms with Gasteiger partial charge in [0.1, 0.15) is 0 Å². The van der Waals surface area contributed by atoms with Crippen molar-refractivity contribution in [3.8, 4) is 0 Å². The van der Waals surface area contributed by atoms with Crippen molar-refractivity contribution in [2.24, 2.45) is 0 Å². The van der Waals surface area contributed by atoms with Gasteiger partial charge >= 0.3 is 0 Å². The van der Waals surface area contributed by atoms with Crippen LogP contribution in [-0.2, 0) is 9.84 Å². The number of anilines is 2. The predicted octanol–water partition coefficient (Wildman–Crippen LogP) is 2.63. The maximum Gasteiger partial charge on any atom is 0.182 e. The Morgan fingerprint density at radius 3 is 2.43 bits per heavy atom. The van der Waals surface area contributed by atoms with Gasteiger partial charge in [-0.25, -0.2) is 8.42 Å². The molecule has 0 saturated heterocycles. The second-order valence-electron chi connectivity index (χ2n) is 5.07. The van der Waals surface area contributed by atoms with Gasteiger partial charge in [-0.15, -0.1) is 12.4 Å². The highest BCUT2D eigenvalue weighted by Crippen LogP contribution is 2.28. The van der Waals surface area contributed by atoms with E-state index in [1.54, 1.807) is 12.1 Å². The number of aliphatic hydroxyl groups is 1. The van der Waals surface area contributed by atoms with Crippen molar-refractivity contribution in [3.05, 3.63) is 54.1 Å². The SMILES string of the molecule is CC(Nc1ccc(N)cc1S(=O)(=O)CCO)c1ccccc1.Cl. The molecule has 4 N–H and O–H groups in total. The van der Waals surface area contributed by atoms with Crippen LogP contribution in [0.2, 0.25) is 0 Å². The molecule has 23 heavy (non-hydrogen) atoms. The number of aliphatic hydroxyl groups excluding tert-OH is 1. The Balaban J connectivity index is 0.00000264. The number of hydrogen-bond donors (Lipinski definition) is 3. The zero-order chi connectivity index (χ0) is 16.2. The maximum absolute atomic E-state index is 12.3. The van der Waals surface area contributed by atoms with Crippen molar-refractivity contribution >= 4 is 33.6 Å². The third kappa shape index (κ3) is 4.86. The third-order valence-electron chi connectivity index (χ3n) is 3.37. The summed E-state index contributed by atoms with van der Waals surface area (Å²) in [5.41, 5.74) is 7.61. The lowest BCUT2D eigenvalue weighted by atomic mass is 10.1. The van der Waals surface area contributed by atoms with E-state index in [1.807, 2.05) is 37.3 Å². The van der Waals surface area contributed by atoms with Gasteiger partial charge in [0.05, 0.1) is 22.9 Å². The van der Waals surface area contributed by atoms with Gasteiger partial charge in [-0.1, -0.05) is 30.3 Å². The second-order valence-corrected chi connectivity index (χ2v) is 7.15. The average Bonchev–Trinajstić information content (AvgIpc) is 2.49. The molecule has 0 radical (unpaired) electrons. The van der Waals surface area contributed by atoms with Crippen LogP contribution in [0.25, 0.3) is 0 Å². The van der Waals surface area contributed by atoms with Gasteiger partial charge in [0.15, 0.2) is 9.84 Å². The minimum absolute atomic E-state index is 0. The first-order valence-corrected chi connectivity index (χ1v) is 8.64. The van der Waals surface area contributed by atoms with Crippen LogP contribution in [0.5, 0.6) is 0 Å². The summed E-state index contributed by atoms with van der Waals surface area (Å²) in [4.78, 5) is 0.115. The summed E-state index contributed by atoms with van der Waals surface area (Å²) in [6.07, 6.45) is 0. The molecule has 2 aromatic rings. The van der Waals surface area contributed by atoms with E-state index in [0.717, 1.165) is 5.56 Å². The summed E-state index contributed by atoms with van der Waals surface area (Å²) in [7, 11) is -3.58. The molecular formula is C16H21ClN2O3S. The van der Waals surface area contributed by atoms with Gasteiger partial charge < -0.3 is 16.2 Å². The highest BCUT2D eigenvalue weighted by molar-refractivity contribution is 7.91. The van der Waals surface area contributed by atoms with E-state index < -0.39 is 16.4 Å². The van der Waals surface area contributed by atoms with Gasteiger partial charge in [0, 0.05) is 11.7 Å². The molecule has 0 amide bonds. The molecular weight excluding hydrogens is 336 g/mol. The van der Waals surface area contributed by atoms with E-state index in [9.17, 15) is 8.42 Å². The third-order valence-corrected chi connectivity index (χ3v) is 5.10. The average molecular weight is 357 g/mol. The smallest absolute Gasteiger partial charge is 0.182 e. The van der Waals surface area contributed by atoms with Crippen molar-refractivity contribution in [1.29, 1.82) is 0 Å². The van der Waals surface area contributed by atoms with Gasteiger partial charge in [-0.3, -0.25) is 0 Å². The normalized spacial score (nSPS) is 12.3. The van der Waals surface area contributed by atoms with Crippen LogP contribution in [0, 0.1) is 0 Å². The molecule has 0 bridgehead atoms. The number of benzene rings is 2. The van der Waals surface area contributed by atoms with Crippen LogP contribution >= 0.6 is 12.4 Å². The van der Waals surface area contributed by atoms with Gasteiger partial charge in [0.25, 0.3) is 0 Å². The predicted molar refractivity (Wildman–Crippen MR) is 95.7 cm³/mol. The molecule has 0 aliphatic rings. The largest absolute Gasteiger partial charge is 0.399 e. The first kappa shape index (κ1) is 19.3. The van der Waals surface area contributed by atoms with Crippen LogP contribution in [0.3, 0.4) is 0 Å². The van der Waals surface area contributed by atoms with Crippen molar-refractivity contribution in [2.75, 3.05) is 23.4 Å². The molecule has 0 spiro atoms. The molecule has 2 aromatic carbocycles. The standard InChI is InChI=1S/C16H20N2O3S.ClH/c1-12(13-5-3-2-4-6-13)18-15-8-7-14(17)11-16(15)22(20,21)10-9-19;/h2-8,11-12,18-19H,9-10,17H2,1H3;1H. The van der Waals surface area contributed by atoms with Gasteiger partial charge in [0.2, 0.25) is 0 Å². The molecule has 0 saturated carbocycles. The molecule has 5 nitrogen and oxygen atoms in total. The van der Waals surface area contributed by atoms with E-state index >= 15 is 0 Å². The summed E-state index contributed by atoms with van der Waals surface area (Å²) in [6.45, 7) is 1.53. The van der Waals surface area contributed by atoms with Crippen molar-refractivity contribution < 1.29 is 13.5 Å². The van der Waals surface area contributed by atoms with Crippen LogP contribution in [0.4, 0.5) is 11.4 Å². The number of nitrogens with two attached hydrogens (primary N) is 1. The number of nitrogens with one attached hydrogen (secondary N) is 1. The number of rotatable bonds is 6. The molecule has 0 aromatic heterocycles. The number of halogens is 1. The summed E-state index contributed by atoms with van der Waals surface area (Å²) in [5.74, 6) is -0.329. The lowest BCUT2D eigenvalue weighted by Gasteiger charge is -2.19. The van der Waals surface area contributed by atoms with Crippen molar-refractivity contribution in [3.63, 3.8) is 0 Å². The minimum atomic E-state index is -3.58. The Labute approximate surface area is 142 Å². The summed E-state index contributed by atoms with van der Waals surface area (Å²) in [6, 6.07) is 14.4. The minimum Gasteiger partial charge on any atom is -0.399 e. The van der Waals surface area contributed by atoms with Crippen LogP contribution in [0.1, 0.15) is 18.5 Å². The van der Waals surface area contributed by atoms with E-state index in [2.05, 4.69) is 5.32 Å². The van der Waals surface area contributed by atoms with Gasteiger partial charge in [-0.05, 0) is 30.7 Å². The van der Waals surface area contributed by atoms with Crippen molar-refractivity contribution in [2.45, 2.75) is 17.9 Å². The summed E-state index contributed by atoms with van der Waals surface area (Å²) >= 11 is 0. The van der Waals surface area contributed by atoms with E-state index in [4.69, 9.17) is 10.8 Å². The second kappa shape index (κ2) is 8.19.